The number of benzene rings is 1. The molecule has 1 aliphatic carbocycles. The Morgan fingerprint density at radius 3 is 2.61 bits per heavy atom. The third-order valence-electron chi connectivity index (χ3n) is 3.39. The van der Waals surface area contributed by atoms with Crippen molar-refractivity contribution in [3.8, 4) is 11.5 Å². The summed E-state index contributed by atoms with van der Waals surface area (Å²) in [6.45, 7) is 0. The number of aliphatic hydroxyl groups is 1. The number of aliphatic hydroxyl groups excluding tert-OH is 1. The third kappa shape index (κ3) is 3.09. The van der Waals surface area contributed by atoms with E-state index in [0.717, 1.165) is 24.3 Å². The third-order valence-corrected chi connectivity index (χ3v) is 3.67. The molecule has 1 atom stereocenters. The fraction of sp³-hybridized carbons (Fsp3) is 0.571. The molecular formula is C14H19ClO3. The number of hydrogen-bond donors (Lipinski definition) is 1. The minimum Gasteiger partial charge on any atom is -0.493 e. The predicted octanol–water partition coefficient (Wildman–Crippen LogP) is 3.58. The average molecular weight is 271 g/mol. The molecule has 4 heteroatoms. The molecule has 0 aliphatic heterocycles. The van der Waals surface area contributed by atoms with Gasteiger partial charge in [0, 0.05) is 0 Å². The van der Waals surface area contributed by atoms with Crippen LogP contribution in [0.5, 0.6) is 11.5 Å². The Kier molecular flexibility index (Phi) is 4.36. The maximum absolute atomic E-state index is 10.2. The smallest absolute Gasteiger partial charge is 0.179 e. The van der Waals surface area contributed by atoms with Crippen LogP contribution < -0.4 is 9.47 Å². The lowest BCUT2D eigenvalue weighted by molar-refractivity contribution is 0.162. The predicted molar refractivity (Wildman–Crippen MR) is 71.5 cm³/mol. The minimum atomic E-state index is -0.483. The molecule has 0 radical (unpaired) electrons. The highest BCUT2D eigenvalue weighted by Gasteiger charge is 2.23. The largest absolute Gasteiger partial charge is 0.493 e. The summed E-state index contributed by atoms with van der Waals surface area (Å²) in [5, 5.41) is 10.6. The lowest BCUT2D eigenvalue weighted by Crippen LogP contribution is -2.00. The molecule has 18 heavy (non-hydrogen) atoms. The van der Waals surface area contributed by atoms with Gasteiger partial charge in [-0.25, -0.2) is 0 Å². The van der Waals surface area contributed by atoms with Gasteiger partial charge in [-0.3, -0.25) is 0 Å². The van der Waals surface area contributed by atoms with Crippen LogP contribution in [0.15, 0.2) is 12.1 Å². The highest BCUT2D eigenvalue weighted by Crippen LogP contribution is 2.40. The van der Waals surface area contributed by atoms with E-state index < -0.39 is 6.10 Å². The minimum absolute atomic E-state index is 0.470. The zero-order valence-electron chi connectivity index (χ0n) is 10.8. The lowest BCUT2D eigenvalue weighted by atomic mass is 10.0. The van der Waals surface area contributed by atoms with Crippen molar-refractivity contribution < 1.29 is 14.6 Å². The molecule has 0 saturated heterocycles. The van der Waals surface area contributed by atoms with Gasteiger partial charge in [0.25, 0.3) is 0 Å². The maximum Gasteiger partial charge on any atom is 0.179 e. The van der Waals surface area contributed by atoms with Gasteiger partial charge in [-0.2, -0.15) is 0 Å². The molecule has 100 valence electrons. The molecule has 0 amide bonds. The molecule has 1 fully saturated rings. The molecular weight excluding hydrogens is 252 g/mol. The van der Waals surface area contributed by atoms with Crippen molar-refractivity contribution in [2.24, 2.45) is 5.92 Å². The lowest BCUT2D eigenvalue weighted by Gasteiger charge is -2.15. The number of halogens is 1. The van der Waals surface area contributed by atoms with Crippen molar-refractivity contribution >= 4 is 11.6 Å². The molecule has 1 aliphatic rings. The van der Waals surface area contributed by atoms with Crippen LogP contribution in [-0.4, -0.2) is 19.3 Å². The summed E-state index contributed by atoms with van der Waals surface area (Å²) in [7, 11) is 3.11. The van der Waals surface area contributed by atoms with Gasteiger partial charge < -0.3 is 14.6 Å². The van der Waals surface area contributed by atoms with Crippen molar-refractivity contribution in [2.75, 3.05) is 14.2 Å². The summed E-state index contributed by atoms with van der Waals surface area (Å²) in [6.07, 6.45) is 3.98. The Bertz CT molecular complexity index is 416. The fourth-order valence-electron chi connectivity index (χ4n) is 2.10. The summed E-state index contributed by atoms with van der Waals surface area (Å²) in [5.41, 5.74) is 0.790. The topological polar surface area (TPSA) is 38.7 Å². The highest BCUT2D eigenvalue weighted by atomic mass is 35.5. The molecule has 2 rings (SSSR count). The Labute approximate surface area is 113 Å². The van der Waals surface area contributed by atoms with Crippen molar-refractivity contribution in [2.45, 2.75) is 31.8 Å². The van der Waals surface area contributed by atoms with Gasteiger partial charge in [-0.1, -0.05) is 24.4 Å². The SMILES string of the molecule is COc1cc(C(O)CCC2CC2)cc(Cl)c1OC. The summed E-state index contributed by atoms with van der Waals surface area (Å²) in [5.74, 6) is 1.89. The maximum atomic E-state index is 10.2. The molecule has 0 aromatic heterocycles. The van der Waals surface area contributed by atoms with Crippen LogP contribution in [0.4, 0.5) is 0 Å². The molecule has 0 heterocycles. The Hall–Kier alpha value is -0.930. The zero-order valence-corrected chi connectivity index (χ0v) is 11.5. The first kappa shape index (κ1) is 13.5. The van der Waals surface area contributed by atoms with Crippen molar-refractivity contribution in [1.29, 1.82) is 0 Å². The van der Waals surface area contributed by atoms with Gasteiger partial charge in [-0.05, 0) is 36.5 Å². The van der Waals surface area contributed by atoms with Crippen LogP contribution in [0.1, 0.15) is 37.4 Å². The van der Waals surface area contributed by atoms with Gasteiger partial charge in [-0.15, -0.1) is 0 Å². The fourth-order valence-corrected chi connectivity index (χ4v) is 2.39. The van der Waals surface area contributed by atoms with E-state index in [0.29, 0.717) is 16.5 Å². The molecule has 3 nitrogen and oxygen atoms in total. The summed E-state index contributed by atoms with van der Waals surface area (Å²) in [6, 6.07) is 3.54. The Balaban J connectivity index is 2.13. The van der Waals surface area contributed by atoms with Crippen LogP contribution in [0, 0.1) is 5.92 Å². The summed E-state index contributed by atoms with van der Waals surface area (Å²) in [4.78, 5) is 0. The van der Waals surface area contributed by atoms with Crippen LogP contribution in [-0.2, 0) is 0 Å². The van der Waals surface area contributed by atoms with Crippen LogP contribution in [0.3, 0.4) is 0 Å². The average Bonchev–Trinajstić information content (AvgIpc) is 3.18. The Morgan fingerprint density at radius 1 is 1.33 bits per heavy atom. The molecule has 1 aromatic carbocycles. The number of hydrogen-bond acceptors (Lipinski definition) is 3. The molecule has 1 unspecified atom stereocenters. The monoisotopic (exact) mass is 270 g/mol. The normalized spacial score (nSPS) is 16.4. The molecule has 0 spiro atoms. The molecule has 1 saturated carbocycles. The second-order valence-corrected chi connectivity index (χ2v) is 5.18. The first-order chi connectivity index (χ1) is 8.65. The van der Waals surface area contributed by atoms with E-state index in [1.807, 2.05) is 0 Å². The molecule has 1 aromatic rings. The van der Waals surface area contributed by atoms with E-state index in [4.69, 9.17) is 21.1 Å². The standard InChI is InChI=1S/C14H19ClO3/c1-17-13-8-10(7-11(15)14(13)18-2)12(16)6-5-9-3-4-9/h7-9,12,16H,3-6H2,1-2H3. The van der Waals surface area contributed by atoms with E-state index in [-0.39, 0.29) is 0 Å². The van der Waals surface area contributed by atoms with E-state index in [1.54, 1.807) is 26.4 Å². The first-order valence-corrected chi connectivity index (χ1v) is 6.63. The van der Waals surface area contributed by atoms with E-state index in [2.05, 4.69) is 0 Å². The molecule has 1 N–H and O–H groups in total. The van der Waals surface area contributed by atoms with E-state index in [9.17, 15) is 5.11 Å². The van der Waals surface area contributed by atoms with E-state index >= 15 is 0 Å². The van der Waals surface area contributed by atoms with Gasteiger partial charge in [0.1, 0.15) is 0 Å². The van der Waals surface area contributed by atoms with Crippen LogP contribution in [0.2, 0.25) is 5.02 Å². The number of ether oxygens (including phenoxy) is 2. The Morgan fingerprint density at radius 2 is 2.06 bits per heavy atom. The van der Waals surface area contributed by atoms with Crippen LogP contribution >= 0.6 is 11.6 Å². The number of methoxy groups -OCH3 is 2. The van der Waals surface area contributed by atoms with E-state index in [1.165, 1.54) is 12.8 Å². The van der Waals surface area contributed by atoms with Gasteiger partial charge in [0.15, 0.2) is 11.5 Å². The van der Waals surface area contributed by atoms with Crippen LogP contribution in [0.25, 0.3) is 0 Å². The summed E-state index contributed by atoms with van der Waals surface area (Å²) < 4.78 is 10.4. The number of rotatable bonds is 6. The molecule has 0 bridgehead atoms. The zero-order chi connectivity index (χ0) is 13.1. The van der Waals surface area contributed by atoms with Gasteiger partial charge in [0.05, 0.1) is 25.3 Å². The first-order valence-electron chi connectivity index (χ1n) is 6.25. The van der Waals surface area contributed by atoms with Crippen molar-refractivity contribution in [3.63, 3.8) is 0 Å². The second kappa shape index (κ2) is 5.81. The van der Waals surface area contributed by atoms with Crippen molar-refractivity contribution in [3.05, 3.63) is 22.7 Å². The van der Waals surface area contributed by atoms with Gasteiger partial charge in [0.2, 0.25) is 0 Å². The quantitative estimate of drug-likeness (QED) is 0.859. The van der Waals surface area contributed by atoms with Crippen molar-refractivity contribution in [1.82, 2.24) is 0 Å². The van der Waals surface area contributed by atoms with Gasteiger partial charge >= 0.3 is 0 Å². The summed E-state index contributed by atoms with van der Waals surface area (Å²) >= 11 is 6.12. The highest BCUT2D eigenvalue weighted by molar-refractivity contribution is 6.32. The second-order valence-electron chi connectivity index (χ2n) is 4.77.